The van der Waals surface area contributed by atoms with Gasteiger partial charge in [-0.05, 0) is 37.4 Å². The SMILES string of the molecule is CCOc1nnc(CN2CCC(c3cccnc3)C2)s1. The molecule has 0 N–H and O–H groups in total. The van der Waals surface area contributed by atoms with Crippen molar-refractivity contribution >= 4 is 11.3 Å². The molecule has 1 aliphatic rings. The van der Waals surface area contributed by atoms with Crippen molar-refractivity contribution < 1.29 is 4.74 Å². The van der Waals surface area contributed by atoms with Gasteiger partial charge in [-0.2, -0.15) is 0 Å². The average molecular weight is 290 g/mol. The van der Waals surface area contributed by atoms with Crippen molar-refractivity contribution in [3.63, 3.8) is 0 Å². The Morgan fingerprint density at radius 3 is 3.20 bits per heavy atom. The molecule has 0 spiro atoms. The first kappa shape index (κ1) is 13.5. The molecular formula is C14H18N4OS. The van der Waals surface area contributed by atoms with Gasteiger partial charge in [-0.3, -0.25) is 9.88 Å². The molecule has 0 bridgehead atoms. The van der Waals surface area contributed by atoms with Crippen LogP contribution in [0.2, 0.25) is 0 Å². The highest BCUT2D eigenvalue weighted by Gasteiger charge is 2.24. The average Bonchev–Trinajstić information content (AvgIpc) is 3.11. The van der Waals surface area contributed by atoms with Crippen LogP contribution in [-0.4, -0.2) is 39.8 Å². The lowest BCUT2D eigenvalue weighted by Gasteiger charge is -2.13. The van der Waals surface area contributed by atoms with Crippen LogP contribution in [0.1, 0.15) is 29.8 Å². The maximum Gasteiger partial charge on any atom is 0.294 e. The van der Waals surface area contributed by atoms with Crippen molar-refractivity contribution in [1.82, 2.24) is 20.1 Å². The third-order valence-electron chi connectivity index (χ3n) is 3.50. The summed E-state index contributed by atoms with van der Waals surface area (Å²) in [7, 11) is 0. The van der Waals surface area contributed by atoms with Crippen molar-refractivity contribution in [2.24, 2.45) is 0 Å². The Balaban J connectivity index is 1.57. The Hall–Kier alpha value is -1.53. The van der Waals surface area contributed by atoms with E-state index < -0.39 is 0 Å². The third-order valence-corrected chi connectivity index (χ3v) is 4.32. The number of pyridine rings is 1. The number of nitrogens with zero attached hydrogens (tertiary/aromatic N) is 4. The normalized spacial score (nSPS) is 19.4. The smallest absolute Gasteiger partial charge is 0.294 e. The van der Waals surface area contributed by atoms with Gasteiger partial charge in [0.2, 0.25) is 0 Å². The number of ether oxygens (including phenoxy) is 1. The summed E-state index contributed by atoms with van der Waals surface area (Å²) < 4.78 is 5.36. The highest BCUT2D eigenvalue weighted by atomic mass is 32.1. The molecule has 3 rings (SSSR count). The number of hydrogen-bond acceptors (Lipinski definition) is 6. The van der Waals surface area contributed by atoms with E-state index >= 15 is 0 Å². The number of likely N-dealkylation sites (tertiary alicyclic amines) is 1. The second-order valence-electron chi connectivity index (χ2n) is 4.90. The molecule has 2 aromatic rings. The molecule has 0 amide bonds. The standard InChI is InChI=1S/C14H18N4OS/c1-2-19-14-17-16-13(20-14)10-18-7-5-12(9-18)11-4-3-6-15-8-11/h3-4,6,8,12H,2,5,7,9-10H2,1H3. The molecule has 1 unspecified atom stereocenters. The summed E-state index contributed by atoms with van der Waals surface area (Å²) in [5.74, 6) is 0.586. The van der Waals surface area contributed by atoms with E-state index in [2.05, 4.69) is 26.1 Å². The lowest BCUT2D eigenvalue weighted by atomic mass is 10.0. The molecule has 0 saturated carbocycles. The highest BCUT2D eigenvalue weighted by Crippen LogP contribution is 2.28. The highest BCUT2D eigenvalue weighted by molar-refractivity contribution is 7.13. The van der Waals surface area contributed by atoms with Crippen LogP contribution in [0.4, 0.5) is 0 Å². The van der Waals surface area contributed by atoms with Gasteiger partial charge in [0.1, 0.15) is 5.01 Å². The molecule has 1 saturated heterocycles. The maximum absolute atomic E-state index is 5.36. The topological polar surface area (TPSA) is 51.1 Å². The van der Waals surface area contributed by atoms with Gasteiger partial charge in [-0.1, -0.05) is 17.4 Å². The Labute approximate surface area is 122 Å². The van der Waals surface area contributed by atoms with Gasteiger partial charge < -0.3 is 4.74 Å². The van der Waals surface area contributed by atoms with Gasteiger partial charge in [0.25, 0.3) is 5.19 Å². The molecule has 0 aliphatic carbocycles. The van der Waals surface area contributed by atoms with Crippen LogP contribution in [-0.2, 0) is 6.54 Å². The molecule has 0 aromatic carbocycles. The molecule has 6 heteroatoms. The van der Waals surface area contributed by atoms with Gasteiger partial charge in [0.15, 0.2) is 0 Å². The van der Waals surface area contributed by atoms with Crippen molar-refractivity contribution in [3.05, 3.63) is 35.1 Å². The second-order valence-corrected chi connectivity index (χ2v) is 5.93. The lowest BCUT2D eigenvalue weighted by Crippen LogP contribution is -2.19. The van der Waals surface area contributed by atoms with E-state index in [4.69, 9.17) is 4.74 Å². The Kier molecular flexibility index (Phi) is 4.22. The van der Waals surface area contributed by atoms with Gasteiger partial charge in [0, 0.05) is 18.9 Å². The van der Waals surface area contributed by atoms with E-state index in [1.165, 1.54) is 12.0 Å². The molecule has 0 radical (unpaired) electrons. The van der Waals surface area contributed by atoms with Crippen LogP contribution in [0, 0.1) is 0 Å². The Morgan fingerprint density at radius 2 is 2.40 bits per heavy atom. The Morgan fingerprint density at radius 1 is 1.45 bits per heavy atom. The fraction of sp³-hybridized carbons (Fsp3) is 0.500. The zero-order valence-electron chi connectivity index (χ0n) is 11.5. The van der Waals surface area contributed by atoms with Crippen molar-refractivity contribution in [2.45, 2.75) is 25.8 Å². The van der Waals surface area contributed by atoms with Gasteiger partial charge in [-0.25, -0.2) is 0 Å². The molecule has 2 aromatic heterocycles. The minimum Gasteiger partial charge on any atom is -0.469 e. The van der Waals surface area contributed by atoms with Crippen molar-refractivity contribution in [3.8, 4) is 5.19 Å². The molecule has 106 valence electrons. The fourth-order valence-corrected chi connectivity index (χ4v) is 3.33. The summed E-state index contributed by atoms with van der Waals surface area (Å²) in [6.45, 7) is 5.63. The van der Waals surface area contributed by atoms with Gasteiger partial charge >= 0.3 is 0 Å². The predicted molar refractivity (Wildman–Crippen MR) is 78.0 cm³/mol. The Bertz CT molecular complexity index is 545. The molecule has 1 aliphatic heterocycles. The largest absolute Gasteiger partial charge is 0.469 e. The monoisotopic (exact) mass is 290 g/mol. The van der Waals surface area contributed by atoms with E-state index in [1.807, 2.05) is 25.4 Å². The first-order valence-electron chi connectivity index (χ1n) is 6.92. The summed E-state index contributed by atoms with van der Waals surface area (Å²) >= 11 is 1.54. The predicted octanol–water partition coefficient (Wildman–Crippen LogP) is 2.32. The van der Waals surface area contributed by atoms with Crippen LogP contribution in [0.15, 0.2) is 24.5 Å². The number of hydrogen-bond donors (Lipinski definition) is 0. The van der Waals surface area contributed by atoms with Crippen molar-refractivity contribution in [1.29, 1.82) is 0 Å². The van der Waals surface area contributed by atoms with Crippen LogP contribution in [0.5, 0.6) is 5.19 Å². The van der Waals surface area contributed by atoms with E-state index in [0.29, 0.717) is 17.7 Å². The fourth-order valence-electron chi connectivity index (χ4n) is 2.54. The molecule has 1 atom stereocenters. The van der Waals surface area contributed by atoms with Crippen LogP contribution >= 0.6 is 11.3 Å². The van der Waals surface area contributed by atoms with Crippen molar-refractivity contribution in [2.75, 3.05) is 19.7 Å². The minimum atomic E-state index is 0.586. The van der Waals surface area contributed by atoms with E-state index in [1.54, 1.807) is 11.3 Å². The summed E-state index contributed by atoms with van der Waals surface area (Å²) in [5, 5.41) is 9.92. The number of rotatable bonds is 5. The zero-order chi connectivity index (χ0) is 13.8. The van der Waals surface area contributed by atoms with Crippen LogP contribution in [0.3, 0.4) is 0 Å². The lowest BCUT2D eigenvalue weighted by molar-refractivity contribution is 0.324. The number of aromatic nitrogens is 3. The third kappa shape index (κ3) is 3.13. The van der Waals surface area contributed by atoms with Gasteiger partial charge in [0.05, 0.1) is 13.2 Å². The van der Waals surface area contributed by atoms with E-state index in [9.17, 15) is 0 Å². The maximum atomic E-state index is 5.36. The summed E-state index contributed by atoms with van der Waals surface area (Å²) in [4.78, 5) is 6.63. The first-order valence-corrected chi connectivity index (χ1v) is 7.74. The molecule has 5 nitrogen and oxygen atoms in total. The first-order chi connectivity index (χ1) is 9.85. The summed E-state index contributed by atoms with van der Waals surface area (Å²) in [6, 6.07) is 4.18. The van der Waals surface area contributed by atoms with Crippen LogP contribution < -0.4 is 4.74 Å². The van der Waals surface area contributed by atoms with Gasteiger partial charge in [-0.15, -0.1) is 10.2 Å². The van der Waals surface area contributed by atoms with E-state index in [0.717, 1.165) is 24.6 Å². The summed E-state index contributed by atoms with van der Waals surface area (Å²) in [6.07, 6.45) is 4.99. The minimum absolute atomic E-state index is 0.586. The molecular weight excluding hydrogens is 272 g/mol. The molecule has 20 heavy (non-hydrogen) atoms. The molecule has 1 fully saturated rings. The van der Waals surface area contributed by atoms with E-state index in [-0.39, 0.29) is 0 Å². The quantitative estimate of drug-likeness (QED) is 0.846. The zero-order valence-corrected chi connectivity index (χ0v) is 12.3. The van der Waals surface area contributed by atoms with Crippen LogP contribution in [0.25, 0.3) is 0 Å². The molecule has 3 heterocycles. The second kappa shape index (κ2) is 6.28. The summed E-state index contributed by atoms with van der Waals surface area (Å²) in [5.41, 5.74) is 1.34.